The van der Waals surface area contributed by atoms with Gasteiger partial charge in [-0.1, -0.05) is 44.2 Å². The van der Waals surface area contributed by atoms with Crippen LogP contribution in [-0.2, 0) is 4.79 Å². The van der Waals surface area contributed by atoms with Crippen LogP contribution >= 0.6 is 0 Å². The van der Waals surface area contributed by atoms with Gasteiger partial charge in [-0.05, 0) is 42.7 Å². The summed E-state index contributed by atoms with van der Waals surface area (Å²) in [4.78, 5) is 12.5. The molecule has 3 rings (SSSR count). The Morgan fingerprint density at radius 3 is 2.43 bits per heavy atom. The van der Waals surface area contributed by atoms with E-state index in [1.807, 2.05) is 25.1 Å². The van der Waals surface area contributed by atoms with Gasteiger partial charge in [-0.2, -0.15) is 5.10 Å². The summed E-state index contributed by atoms with van der Waals surface area (Å²) in [5.41, 5.74) is 2.59. The van der Waals surface area contributed by atoms with Gasteiger partial charge in [0.25, 0.3) is 0 Å². The number of anilines is 1. The Labute approximate surface area is 164 Å². The van der Waals surface area contributed by atoms with Gasteiger partial charge in [-0.25, -0.2) is 9.07 Å². The van der Waals surface area contributed by atoms with Crippen molar-refractivity contribution in [2.24, 2.45) is 5.92 Å². The van der Waals surface area contributed by atoms with Crippen molar-refractivity contribution >= 4 is 11.7 Å². The highest BCUT2D eigenvalue weighted by molar-refractivity contribution is 5.91. The van der Waals surface area contributed by atoms with Gasteiger partial charge in [0.1, 0.15) is 11.6 Å². The van der Waals surface area contributed by atoms with Gasteiger partial charge >= 0.3 is 0 Å². The maximum absolute atomic E-state index is 13.2. The van der Waals surface area contributed by atoms with E-state index in [4.69, 9.17) is 0 Å². The maximum atomic E-state index is 13.2. The van der Waals surface area contributed by atoms with E-state index in [9.17, 15) is 9.18 Å². The van der Waals surface area contributed by atoms with E-state index in [2.05, 4.69) is 41.7 Å². The lowest BCUT2D eigenvalue weighted by Crippen LogP contribution is -2.34. The average molecular weight is 380 g/mol. The van der Waals surface area contributed by atoms with Crippen LogP contribution in [0.4, 0.5) is 10.2 Å². The SMILES string of the molecule is Cc1cc(NC(=O)CN[C@H](c2ccccc2)C(C)C)n(-c2ccc(F)cc2)n1. The molecule has 146 valence electrons. The number of benzene rings is 2. The van der Waals surface area contributed by atoms with E-state index >= 15 is 0 Å². The van der Waals surface area contributed by atoms with E-state index in [1.165, 1.54) is 12.1 Å². The molecule has 1 aromatic heterocycles. The smallest absolute Gasteiger partial charge is 0.239 e. The van der Waals surface area contributed by atoms with E-state index < -0.39 is 0 Å². The first-order valence-electron chi connectivity index (χ1n) is 9.35. The number of halogens is 1. The fourth-order valence-corrected chi connectivity index (χ4v) is 3.16. The molecule has 28 heavy (non-hydrogen) atoms. The second kappa shape index (κ2) is 8.80. The largest absolute Gasteiger partial charge is 0.309 e. The number of aryl methyl sites for hydroxylation is 1. The van der Waals surface area contributed by atoms with E-state index in [0.717, 1.165) is 11.3 Å². The highest BCUT2D eigenvalue weighted by Crippen LogP contribution is 2.21. The molecular weight excluding hydrogens is 355 g/mol. The Balaban J connectivity index is 1.69. The average Bonchev–Trinajstić information content (AvgIpc) is 3.03. The molecule has 2 N–H and O–H groups in total. The summed E-state index contributed by atoms with van der Waals surface area (Å²) in [5.74, 6) is 0.409. The number of hydrogen-bond acceptors (Lipinski definition) is 3. The molecule has 0 saturated carbocycles. The zero-order chi connectivity index (χ0) is 20.1. The minimum atomic E-state index is -0.317. The number of aromatic nitrogens is 2. The third-order valence-electron chi connectivity index (χ3n) is 4.48. The van der Waals surface area contributed by atoms with Crippen LogP contribution < -0.4 is 10.6 Å². The van der Waals surface area contributed by atoms with Gasteiger partial charge in [-0.3, -0.25) is 4.79 Å². The molecule has 1 atom stereocenters. The molecule has 0 bridgehead atoms. The second-order valence-electron chi connectivity index (χ2n) is 7.12. The van der Waals surface area contributed by atoms with Gasteiger partial charge in [0.05, 0.1) is 17.9 Å². The molecule has 0 fully saturated rings. The minimum Gasteiger partial charge on any atom is -0.309 e. The molecule has 0 aliphatic rings. The molecular formula is C22H25FN4O. The fraction of sp³-hybridized carbons (Fsp3) is 0.273. The summed E-state index contributed by atoms with van der Waals surface area (Å²) in [7, 11) is 0. The first-order chi connectivity index (χ1) is 13.4. The molecule has 1 amide bonds. The lowest BCUT2D eigenvalue weighted by Gasteiger charge is -2.22. The summed E-state index contributed by atoms with van der Waals surface area (Å²) in [6.45, 7) is 6.26. The molecule has 0 saturated heterocycles. The topological polar surface area (TPSA) is 59.0 Å². The van der Waals surface area contributed by atoms with Crippen molar-refractivity contribution in [3.8, 4) is 5.69 Å². The molecule has 1 heterocycles. The van der Waals surface area contributed by atoms with Crippen molar-refractivity contribution in [3.05, 3.63) is 77.7 Å². The first kappa shape index (κ1) is 19.8. The summed E-state index contributed by atoms with van der Waals surface area (Å²) in [5, 5.41) is 10.6. The lowest BCUT2D eigenvalue weighted by molar-refractivity contribution is -0.115. The van der Waals surface area contributed by atoms with Crippen molar-refractivity contribution < 1.29 is 9.18 Å². The van der Waals surface area contributed by atoms with Crippen molar-refractivity contribution in [1.29, 1.82) is 0 Å². The van der Waals surface area contributed by atoms with Crippen LogP contribution in [0.1, 0.15) is 31.1 Å². The van der Waals surface area contributed by atoms with E-state index in [0.29, 0.717) is 17.4 Å². The van der Waals surface area contributed by atoms with Crippen LogP contribution in [0.15, 0.2) is 60.7 Å². The molecule has 0 unspecified atom stereocenters. The maximum Gasteiger partial charge on any atom is 0.239 e. The normalized spacial score (nSPS) is 12.2. The Kier molecular flexibility index (Phi) is 6.21. The Morgan fingerprint density at radius 2 is 1.79 bits per heavy atom. The standard InChI is InChI=1S/C22H25FN4O/c1-15(2)22(17-7-5-4-6-8-17)24-14-21(28)25-20-13-16(3)26-27(20)19-11-9-18(23)10-12-19/h4-13,15,22,24H,14H2,1-3H3,(H,25,28)/t22-/m0/s1. The van der Waals surface area contributed by atoms with Crippen molar-refractivity contribution in [2.75, 3.05) is 11.9 Å². The van der Waals surface area contributed by atoms with E-state index in [1.54, 1.807) is 22.9 Å². The van der Waals surface area contributed by atoms with E-state index in [-0.39, 0.29) is 24.3 Å². The molecule has 0 radical (unpaired) electrons. The number of carbonyl (C=O) groups is 1. The number of rotatable bonds is 7. The Morgan fingerprint density at radius 1 is 1.11 bits per heavy atom. The van der Waals surface area contributed by atoms with Gasteiger partial charge in [0.15, 0.2) is 0 Å². The van der Waals surface area contributed by atoms with Crippen LogP contribution in [0.3, 0.4) is 0 Å². The van der Waals surface area contributed by atoms with Crippen LogP contribution in [0.2, 0.25) is 0 Å². The molecule has 6 heteroatoms. The Hall–Kier alpha value is -2.99. The third-order valence-corrected chi connectivity index (χ3v) is 4.48. The quantitative estimate of drug-likeness (QED) is 0.644. The van der Waals surface area contributed by atoms with Crippen LogP contribution in [-0.4, -0.2) is 22.2 Å². The zero-order valence-electron chi connectivity index (χ0n) is 16.3. The highest BCUT2D eigenvalue weighted by atomic mass is 19.1. The van der Waals surface area contributed by atoms with Gasteiger partial charge in [0, 0.05) is 12.1 Å². The number of carbonyl (C=O) groups excluding carboxylic acids is 1. The number of nitrogens with one attached hydrogen (secondary N) is 2. The predicted molar refractivity (Wildman–Crippen MR) is 109 cm³/mol. The molecule has 3 aromatic rings. The molecule has 5 nitrogen and oxygen atoms in total. The van der Waals surface area contributed by atoms with Gasteiger partial charge in [0.2, 0.25) is 5.91 Å². The van der Waals surface area contributed by atoms with Crippen LogP contribution in [0.25, 0.3) is 5.69 Å². The zero-order valence-corrected chi connectivity index (χ0v) is 16.3. The molecule has 0 spiro atoms. The number of amides is 1. The lowest BCUT2D eigenvalue weighted by atomic mass is 9.96. The van der Waals surface area contributed by atoms with Gasteiger partial charge in [-0.15, -0.1) is 0 Å². The molecule has 0 aliphatic carbocycles. The Bertz CT molecular complexity index is 919. The third kappa shape index (κ3) is 4.84. The van der Waals surface area contributed by atoms with Gasteiger partial charge < -0.3 is 10.6 Å². The van der Waals surface area contributed by atoms with Crippen molar-refractivity contribution in [1.82, 2.24) is 15.1 Å². The first-order valence-corrected chi connectivity index (χ1v) is 9.35. The number of nitrogens with zero attached hydrogens (tertiary/aromatic N) is 2. The predicted octanol–water partition coefficient (Wildman–Crippen LogP) is 4.25. The summed E-state index contributed by atoms with van der Waals surface area (Å²) < 4.78 is 14.8. The van der Waals surface area contributed by atoms with Crippen LogP contribution in [0.5, 0.6) is 0 Å². The molecule has 2 aromatic carbocycles. The summed E-state index contributed by atoms with van der Waals surface area (Å²) >= 11 is 0. The number of hydrogen-bond donors (Lipinski definition) is 2. The second-order valence-corrected chi connectivity index (χ2v) is 7.12. The fourth-order valence-electron chi connectivity index (χ4n) is 3.16. The minimum absolute atomic E-state index is 0.0793. The highest BCUT2D eigenvalue weighted by Gasteiger charge is 2.17. The monoisotopic (exact) mass is 380 g/mol. The van der Waals surface area contributed by atoms with Crippen molar-refractivity contribution in [2.45, 2.75) is 26.8 Å². The summed E-state index contributed by atoms with van der Waals surface area (Å²) in [6, 6.07) is 17.9. The van der Waals surface area contributed by atoms with Crippen LogP contribution in [0, 0.1) is 18.7 Å². The summed E-state index contributed by atoms with van der Waals surface area (Å²) in [6.07, 6.45) is 0. The van der Waals surface area contributed by atoms with Crippen molar-refractivity contribution in [3.63, 3.8) is 0 Å². The molecule has 0 aliphatic heterocycles.